The Morgan fingerprint density at radius 3 is 2.56 bits per heavy atom. The third kappa shape index (κ3) is 3.83. The van der Waals surface area contributed by atoms with Gasteiger partial charge in [0.2, 0.25) is 0 Å². The highest BCUT2D eigenvalue weighted by Gasteiger charge is 2.26. The summed E-state index contributed by atoms with van der Waals surface area (Å²) in [5.74, 6) is -0.0565. The van der Waals surface area contributed by atoms with E-state index in [1.165, 1.54) is 0 Å². The van der Waals surface area contributed by atoms with Crippen LogP contribution in [0.1, 0.15) is 43.4 Å². The average molecular weight is 316 g/mol. The van der Waals surface area contributed by atoms with Crippen molar-refractivity contribution >= 4 is 21.8 Å². The van der Waals surface area contributed by atoms with Crippen LogP contribution in [0.2, 0.25) is 0 Å². The van der Waals surface area contributed by atoms with E-state index in [1.54, 1.807) is 11.7 Å². The van der Waals surface area contributed by atoms with E-state index in [0.29, 0.717) is 5.69 Å². The molecule has 1 unspecified atom stereocenters. The lowest BCUT2D eigenvalue weighted by Crippen LogP contribution is -2.44. The van der Waals surface area contributed by atoms with Gasteiger partial charge in [-0.15, -0.1) is 0 Å². The van der Waals surface area contributed by atoms with Gasteiger partial charge in [-0.1, -0.05) is 36.7 Å². The van der Waals surface area contributed by atoms with Crippen molar-refractivity contribution in [3.63, 3.8) is 0 Å². The second-order valence-electron chi connectivity index (χ2n) is 5.66. The van der Waals surface area contributed by atoms with Crippen LogP contribution in [0.15, 0.2) is 6.07 Å². The first kappa shape index (κ1) is 15.2. The lowest BCUT2D eigenvalue weighted by atomic mass is 9.85. The molecular weight excluding hydrogens is 294 g/mol. The number of hydrogen-bond donors (Lipinski definition) is 1. The Bertz CT molecular complexity index is 420. The number of aryl methyl sites for hydroxylation is 2. The molecule has 5 heteroatoms. The lowest BCUT2D eigenvalue weighted by Gasteiger charge is -2.31. The smallest absolute Gasteiger partial charge is 0.269 e. The van der Waals surface area contributed by atoms with Crippen LogP contribution in [0.4, 0.5) is 0 Å². The summed E-state index contributed by atoms with van der Waals surface area (Å²) in [6.07, 6.45) is 0.909. The molecule has 0 fully saturated rings. The molecule has 0 aliphatic rings. The standard InChI is InChI=1S/C13H22BrN3O/c1-9-8-10(17(5)16-9)12(18)15-11(6-7-14)13(2,3)4/h8,11H,6-7H2,1-5H3,(H,15,18). The minimum Gasteiger partial charge on any atom is -0.347 e. The molecule has 1 atom stereocenters. The molecule has 1 aromatic heterocycles. The van der Waals surface area contributed by atoms with Crippen LogP contribution in [0.5, 0.6) is 0 Å². The van der Waals surface area contributed by atoms with Gasteiger partial charge in [-0.25, -0.2) is 0 Å². The summed E-state index contributed by atoms with van der Waals surface area (Å²) in [5.41, 5.74) is 1.50. The maximum atomic E-state index is 12.2. The van der Waals surface area contributed by atoms with Gasteiger partial charge in [-0.2, -0.15) is 5.10 Å². The molecule has 0 spiro atoms. The molecular formula is C13H22BrN3O. The van der Waals surface area contributed by atoms with Crippen LogP contribution in [-0.2, 0) is 7.05 Å². The summed E-state index contributed by atoms with van der Waals surface area (Å²) in [5, 5.41) is 8.17. The van der Waals surface area contributed by atoms with E-state index >= 15 is 0 Å². The van der Waals surface area contributed by atoms with Crippen LogP contribution in [0.3, 0.4) is 0 Å². The summed E-state index contributed by atoms with van der Waals surface area (Å²) in [6, 6.07) is 1.95. The van der Waals surface area contributed by atoms with Crippen LogP contribution in [0, 0.1) is 12.3 Å². The zero-order valence-corrected chi connectivity index (χ0v) is 13.3. The second-order valence-corrected chi connectivity index (χ2v) is 6.46. The Morgan fingerprint density at radius 2 is 2.17 bits per heavy atom. The zero-order valence-electron chi connectivity index (χ0n) is 11.7. The van der Waals surface area contributed by atoms with Crippen molar-refractivity contribution in [2.75, 3.05) is 5.33 Å². The Labute approximate surface area is 117 Å². The van der Waals surface area contributed by atoms with E-state index in [4.69, 9.17) is 0 Å². The minimum atomic E-state index is -0.0565. The van der Waals surface area contributed by atoms with E-state index in [0.717, 1.165) is 17.4 Å². The van der Waals surface area contributed by atoms with Gasteiger partial charge >= 0.3 is 0 Å². The van der Waals surface area contributed by atoms with E-state index < -0.39 is 0 Å². The van der Waals surface area contributed by atoms with E-state index in [9.17, 15) is 4.79 Å². The molecule has 1 heterocycles. The van der Waals surface area contributed by atoms with Crippen molar-refractivity contribution in [3.05, 3.63) is 17.5 Å². The fraction of sp³-hybridized carbons (Fsp3) is 0.692. The number of carbonyl (C=O) groups is 1. The van der Waals surface area contributed by atoms with Gasteiger partial charge in [0.15, 0.2) is 0 Å². The van der Waals surface area contributed by atoms with Crippen LogP contribution in [-0.4, -0.2) is 27.1 Å². The second kappa shape index (κ2) is 5.87. The fourth-order valence-corrected chi connectivity index (χ4v) is 2.34. The molecule has 18 heavy (non-hydrogen) atoms. The van der Waals surface area contributed by atoms with Gasteiger partial charge in [-0.3, -0.25) is 9.48 Å². The normalized spacial score (nSPS) is 13.4. The van der Waals surface area contributed by atoms with Gasteiger partial charge in [0.25, 0.3) is 5.91 Å². The number of carbonyl (C=O) groups excluding carboxylic acids is 1. The molecule has 0 saturated heterocycles. The van der Waals surface area contributed by atoms with E-state index in [-0.39, 0.29) is 17.4 Å². The zero-order chi connectivity index (χ0) is 13.9. The van der Waals surface area contributed by atoms with Crippen molar-refractivity contribution in [3.8, 4) is 0 Å². The SMILES string of the molecule is Cc1cc(C(=O)NC(CCBr)C(C)(C)C)n(C)n1. The Hall–Kier alpha value is -0.840. The van der Waals surface area contributed by atoms with Gasteiger partial charge in [0.1, 0.15) is 5.69 Å². The fourth-order valence-electron chi connectivity index (χ4n) is 1.89. The molecule has 4 nitrogen and oxygen atoms in total. The number of halogens is 1. The molecule has 0 aromatic carbocycles. The molecule has 1 rings (SSSR count). The maximum Gasteiger partial charge on any atom is 0.269 e. The molecule has 0 bridgehead atoms. The minimum absolute atomic E-state index is 0.0388. The summed E-state index contributed by atoms with van der Waals surface area (Å²) < 4.78 is 1.62. The van der Waals surface area contributed by atoms with E-state index in [1.807, 2.05) is 13.0 Å². The van der Waals surface area contributed by atoms with Gasteiger partial charge < -0.3 is 5.32 Å². The number of alkyl halides is 1. The van der Waals surface area contributed by atoms with Crippen LogP contribution in [0.25, 0.3) is 0 Å². The van der Waals surface area contributed by atoms with Crippen molar-refractivity contribution in [1.82, 2.24) is 15.1 Å². The highest BCUT2D eigenvalue weighted by atomic mass is 79.9. The van der Waals surface area contributed by atoms with Gasteiger partial charge in [-0.05, 0) is 24.8 Å². The Morgan fingerprint density at radius 1 is 1.56 bits per heavy atom. The Balaban J connectivity index is 2.82. The maximum absolute atomic E-state index is 12.2. The predicted octanol–water partition coefficient (Wildman–Crippen LogP) is 2.66. The van der Waals surface area contributed by atoms with Gasteiger partial charge in [0.05, 0.1) is 5.69 Å². The first-order valence-electron chi connectivity index (χ1n) is 6.13. The number of hydrogen-bond acceptors (Lipinski definition) is 2. The monoisotopic (exact) mass is 315 g/mol. The summed E-state index contributed by atoms with van der Waals surface area (Å²) in [7, 11) is 1.79. The highest BCUT2D eigenvalue weighted by molar-refractivity contribution is 9.09. The summed E-state index contributed by atoms with van der Waals surface area (Å²) in [4.78, 5) is 12.2. The largest absolute Gasteiger partial charge is 0.347 e. The van der Waals surface area contributed by atoms with Crippen LogP contribution >= 0.6 is 15.9 Å². The number of rotatable bonds is 4. The number of aromatic nitrogens is 2. The third-order valence-electron chi connectivity index (χ3n) is 2.98. The third-order valence-corrected chi connectivity index (χ3v) is 3.44. The molecule has 102 valence electrons. The van der Waals surface area contributed by atoms with Crippen molar-refractivity contribution in [1.29, 1.82) is 0 Å². The molecule has 0 aliphatic carbocycles. The van der Waals surface area contributed by atoms with Crippen molar-refractivity contribution in [2.45, 2.75) is 40.2 Å². The Kier molecular flexibility index (Phi) is 4.96. The van der Waals surface area contributed by atoms with Crippen molar-refractivity contribution < 1.29 is 4.79 Å². The molecule has 1 N–H and O–H groups in total. The van der Waals surface area contributed by atoms with Crippen LogP contribution < -0.4 is 5.32 Å². The molecule has 0 aliphatic heterocycles. The molecule has 1 amide bonds. The summed E-state index contributed by atoms with van der Waals surface area (Å²) >= 11 is 3.44. The number of amides is 1. The van der Waals surface area contributed by atoms with E-state index in [2.05, 4.69) is 47.1 Å². The topological polar surface area (TPSA) is 46.9 Å². The first-order valence-corrected chi connectivity index (χ1v) is 7.25. The quantitative estimate of drug-likeness (QED) is 0.868. The number of nitrogens with one attached hydrogen (secondary N) is 1. The molecule has 0 radical (unpaired) electrons. The lowest BCUT2D eigenvalue weighted by molar-refractivity contribution is 0.0891. The summed E-state index contributed by atoms with van der Waals surface area (Å²) in [6.45, 7) is 8.29. The predicted molar refractivity (Wildman–Crippen MR) is 77.1 cm³/mol. The molecule has 1 aromatic rings. The first-order chi connectivity index (χ1) is 8.25. The molecule has 0 saturated carbocycles. The number of nitrogens with zero attached hydrogens (tertiary/aromatic N) is 2. The van der Waals surface area contributed by atoms with Crippen molar-refractivity contribution in [2.24, 2.45) is 12.5 Å². The van der Waals surface area contributed by atoms with Gasteiger partial charge in [0, 0.05) is 18.4 Å². The highest BCUT2D eigenvalue weighted by Crippen LogP contribution is 2.22. The average Bonchev–Trinajstić information content (AvgIpc) is 2.55.